The molecule has 0 unspecified atom stereocenters. The molecule has 0 aromatic rings. The van der Waals surface area contributed by atoms with Gasteiger partial charge in [0.15, 0.2) is 0 Å². The number of rotatable bonds is 4. The zero-order valence-corrected chi connectivity index (χ0v) is 10.8. The van der Waals surface area contributed by atoms with E-state index >= 15 is 0 Å². The van der Waals surface area contributed by atoms with Gasteiger partial charge in [-0.15, -0.1) is 0 Å². The summed E-state index contributed by atoms with van der Waals surface area (Å²) in [4.78, 5) is 22.6. The van der Waals surface area contributed by atoms with E-state index in [-0.39, 0.29) is 17.6 Å². The zero-order valence-electron chi connectivity index (χ0n) is 10.8. The van der Waals surface area contributed by atoms with Crippen LogP contribution in [0.3, 0.4) is 0 Å². The third-order valence-corrected chi connectivity index (χ3v) is 3.62. The highest BCUT2D eigenvalue weighted by molar-refractivity contribution is 5.91. The highest BCUT2D eigenvalue weighted by Gasteiger charge is 2.26. The smallest absolute Gasteiger partial charge is 0.306 e. The standard InChI is InChI=1S/C13H19NO5/c15-12(11-8-18-5-6-19-11)14-7-9-1-3-10(4-2-9)13(16)17/h8-10H,1-7H2,(H,14,15)(H,16,17). The van der Waals surface area contributed by atoms with Crippen molar-refractivity contribution in [3.63, 3.8) is 0 Å². The van der Waals surface area contributed by atoms with E-state index in [1.54, 1.807) is 0 Å². The molecular weight excluding hydrogens is 250 g/mol. The predicted octanol–water partition coefficient (Wildman–Crippen LogP) is 0.882. The first kappa shape index (κ1) is 13.7. The number of aliphatic carboxylic acids is 1. The molecule has 0 radical (unpaired) electrons. The summed E-state index contributed by atoms with van der Waals surface area (Å²) < 4.78 is 10.2. The van der Waals surface area contributed by atoms with Gasteiger partial charge in [-0.2, -0.15) is 0 Å². The van der Waals surface area contributed by atoms with Gasteiger partial charge in [0.25, 0.3) is 5.91 Å². The molecule has 1 fully saturated rings. The Hall–Kier alpha value is -1.72. The number of hydrogen-bond donors (Lipinski definition) is 2. The monoisotopic (exact) mass is 269 g/mol. The second kappa shape index (κ2) is 6.45. The van der Waals surface area contributed by atoms with Gasteiger partial charge in [-0.3, -0.25) is 9.59 Å². The van der Waals surface area contributed by atoms with Crippen LogP contribution in [0.15, 0.2) is 12.0 Å². The molecule has 0 spiro atoms. The lowest BCUT2D eigenvalue weighted by Crippen LogP contribution is -2.34. The Morgan fingerprint density at radius 1 is 1.26 bits per heavy atom. The van der Waals surface area contributed by atoms with E-state index < -0.39 is 5.97 Å². The van der Waals surface area contributed by atoms with E-state index in [9.17, 15) is 9.59 Å². The van der Waals surface area contributed by atoms with Crippen molar-refractivity contribution in [2.24, 2.45) is 11.8 Å². The Bertz CT molecular complexity index is 371. The van der Waals surface area contributed by atoms with Gasteiger partial charge in [-0.25, -0.2) is 0 Å². The summed E-state index contributed by atoms with van der Waals surface area (Å²) in [5.74, 6) is -0.625. The molecule has 1 aliphatic carbocycles. The van der Waals surface area contributed by atoms with Gasteiger partial charge >= 0.3 is 5.97 Å². The van der Waals surface area contributed by atoms with E-state index in [1.807, 2.05) is 0 Å². The van der Waals surface area contributed by atoms with Crippen molar-refractivity contribution < 1.29 is 24.2 Å². The van der Waals surface area contributed by atoms with Crippen LogP contribution < -0.4 is 5.32 Å². The first-order chi connectivity index (χ1) is 9.16. The number of carbonyl (C=O) groups excluding carboxylic acids is 1. The third-order valence-electron chi connectivity index (χ3n) is 3.62. The average Bonchev–Trinajstić information content (AvgIpc) is 2.46. The molecule has 0 saturated heterocycles. The van der Waals surface area contributed by atoms with Crippen molar-refractivity contribution in [1.82, 2.24) is 5.32 Å². The minimum atomic E-state index is -0.708. The molecular formula is C13H19NO5. The Morgan fingerprint density at radius 3 is 2.58 bits per heavy atom. The number of carboxylic acids is 1. The highest BCUT2D eigenvalue weighted by atomic mass is 16.6. The van der Waals surface area contributed by atoms with Gasteiger partial charge in [0.1, 0.15) is 19.5 Å². The van der Waals surface area contributed by atoms with Gasteiger partial charge in [0, 0.05) is 6.54 Å². The maximum Gasteiger partial charge on any atom is 0.306 e. The molecule has 19 heavy (non-hydrogen) atoms. The van der Waals surface area contributed by atoms with Crippen LogP contribution in [0, 0.1) is 11.8 Å². The fourth-order valence-corrected chi connectivity index (χ4v) is 2.43. The predicted molar refractivity (Wildman–Crippen MR) is 66.1 cm³/mol. The van der Waals surface area contributed by atoms with Gasteiger partial charge in [-0.05, 0) is 31.6 Å². The molecule has 0 bridgehead atoms. The number of carbonyl (C=O) groups is 2. The SMILES string of the molecule is O=C(NCC1CCC(C(=O)O)CC1)C1=COCCO1. The molecule has 1 heterocycles. The summed E-state index contributed by atoms with van der Waals surface area (Å²) >= 11 is 0. The van der Waals surface area contributed by atoms with Crippen molar-refractivity contribution in [2.45, 2.75) is 25.7 Å². The summed E-state index contributed by atoms with van der Waals surface area (Å²) in [6.45, 7) is 1.42. The number of carboxylic acid groups (broad SMARTS) is 1. The molecule has 2 rings (SSSR count). The Kier molecular flexibility index (Phi) is 4.65. The minimum absolute atomic E-state index is 0.213. The molecule has 1 aliphatic heterocycles. The van der Waals surface area contributed by atoms with Crippen molar-refractivity contribution in [3.05, 3.63) is 12.0 Å². The van der Waals surface area contributed by atoms with E-state index in [4.69, 9.17) is 14.6 Å². The second-order valence-electron chi connectivity index (χ2n) is 4.97. The molecule has 6 nitrogen and oxygen atoms in total. The second-order valence-corrected chi connectivity index (χ2v) is 4.97. The molecule has 1 amide bonds. The topological polar surface area (TPSA) is 84.9 Å². The van der Waals surface area contributed by atoms with Crippen LogP contribution in [0.1, 0.15) is 25.7 Å². The van der Waals surface area contributed by atoms with Crippen molar-refractivity contribution in [3.8, 4) is 0 Å². The van der Waals surface area contributed by atoms with Crippen LogP contribution >= 0.6 is 0 Å². The quantitative estimate of drug-likeness (QED) is 0.791. The van der Waals surface area contributed by atoms with Gasteiger partial charge in [0.2, 0.25) is 5.76 Å². The van der Waals surface area contributed by atoms with Gasteiger partial charge < -0.3 is 19.9 Å². The van der Waals surface area contributed by atoms with Crippen LogP contribution in [0.25, 0.3) is 0 Å². The van der Waals surface area contributed by atoms with Crippen molar-refractivity contribution in [2.75, 3.05) is 19.8 Å². The van der Waals surface area contributed by atoms with E-state index in [2.05, 4.69) is 5.32 Å². The van der Waals surface area contributed by atoms with Crippen LogP contribution in [-0.4, -0.2) is 36.7 Å². The van der Waals surface area contributed by atoms with Crippen molar-refractivity contribution in [1.29, 1.82) is 0 Å². The molecule has 2 N–H and O–H groups in total. The first-order valence-electron chi connectivity index (χ1n) is 6.62. The normalized spacial score (nSPS) is 26.6. The van der Waals surface area contributed by atoms with Crippen molar-refractivity contribution >= 4 is 11.9 Å². The lowest BCUT2D eigenvalue weighted by molar-refractivity contribution is -0.143. The summed E-state index contributed by atoms with van der Waals surface area (Å²) in [6, 6.07) is 0. The highest BCUT2D eigenvalue weighted by Crippen LogP contribution is 2.28. The summed E-state index contributed by atoms with van der Waals surface area (Å²) in [7, 11) is 0. The maximum atomic E-state index is 11.7. The van der Waals surface area contributed by atoms with E-state index in [0.717, 1.165) is 12.8 Å². The molecule has 106 valence electrons. The summed E-state index contributed by atoms with van der Waals surface area (Å²) in [5, 5.41) is 11.7. The van der Waals surface area contributed by atoms with E-state index in [0.29, 0.717) is 38.5 Å². The van der Waals surface area contributed by atoms with Gasteiger partial charge in [-0.1, -0.05) is 0 Å². The maximum absolute atomic E-state index is 11.7. The molecule has 2 aliphatic rings. The number of nitrogens with one attached hydrogen (secondary N) is 1. The summed E-state index contributed by atoms with van der Waals surface area (Å²) in [5.41, 5.74) is 0. The Morgan fingerprint density at radius 2 is 2.00 bits per heavy atom. The number of amides is 1. The minimum Gasteiger partial charge on any atom is -0.494 e. The molecule has 0 atom stereocenters. The fourth-order valence-electron chi connectivity index (χ4n) is 2.43. The van der Waals surface area contributed by atoms with Gasteiger partial charge in [0.05, 0.1) is 5.92 Å². The zero-order chi connectivity index (χ0) is 13.7. The lowest BCUT2D eigenvalue weighted by Gasteiger charge is -2.26. The molecule has 0 aromatic heterocycles. The molecule has 0 aromatic carbocycles. The number of ether oxygens (including phenoxy) is 2. The van der Waals surface area contributed by atoms with E-state index in [1.165, 1.54) is 6.26 Å². The van der Waals surface area contributed by atoms with Crippen LogP contribution in [0.5, 0.6) is 0 Å². The molecule has 1 saturated carbocycles. The third kappa shape index (κ3) is 3.87. The Balaban J connectivity index is 1.70. The number of hydrogen-bond acceptors (Lipinski definition) is 4. The Labute approximate surface area is 111 Å². The fraction of sp³-hybridized carbons (Fsp3) is 0.692. The lowest BCUT2D eigenvalue weighted by atomic mass is 9.82. The van der Waals surface area contributed by atoms with Crippen LogP contribution in [0.2, 0.25) is 0 Å². The van der Waals surface area contributed by atoms with Crippen LogP contribution in [0.4, 0.5) is 0 Å². The average molecular weight is 269 g/mol. The largest absolute Gasteiger partial charge is 0.494 e. The van der Waals surface area contributed by atoms with Crippen LogP contribution in [-0.2, 0) is 19.1 Å². The summed E-state index contributed by atoms with van der Waals surface area (Å²) in [6.07, 6.45) is 4.40. The molecule has 6 heteroatoms. The first-order valence-corrected chi connectivity index (χ1v) is 6.62.